The summed E-state index contributed by atoms with van der Waals surface area (Å²) in [6, 6.07) is 0.267. The summed E-state index contributed by atoms with van der Waals surface area (Å²) >= 11 is 1.43. The van der Waals surface area contributed by atoms with E-state index in [0.29, 0.717) is 12.3 Å². The summed E-state index contributed by atoms with van der Waals surface area (Å²) in [6.45, 7) is 2.73. The second-order valence-corrected chi connectivity index (χ2v) is 4.40. The number of hydrogen-bond donors (Lipinski definition) is 2. The minimum atomic E-state index is -0.857. The molecule has 0 radical (unpaired) electrons. The Bertz CT molecular complexity index is 341. The molecule has 6 heteroatoms. The van der Waals surface area contributed by atoms with E-state index >= 15 is 0 Å². The van der Waals surface area contributed by atoms with Gasteiger partial charge in [0, 0.05) is 25.1 Å². The summed E-state index contributed by atoms with van der Waals surface area (Å²) < 4.78 is 4.97. The highest BCUT2D eigenvalue weighted by Crippen LogP contribution is 2.17. The van der Waals surface area contributed by atoms with Gasteiger partial charge in [0.05, 0.1) is 12.1 Å². The number of rotatable bonds is 7. The molecule has 0 aromatic carbocycles. The SMILES string of the molecule is COCCC(C)Nc1nc(CC(=O)O)cs1. The number of carboxylic acids is 1. The van der Waals surface area contributed by atoms with Crippen molar-refractivity contribution in [3.8, 4) is 0 Å². The van der Waals surface area contributed by atoms with Gasteiger partial charge in [-0.2, -0.15) is 0 Å². The molecule has 1 aromatic heterocycles. The van der Waals surface area contributed by atoms with Gasteiger partial charge in [0.15, 0.2) is 5.13 Å². The van der Waals surface area contributed by atoms with Gasteiger partial charge in [-0.3, -0.25) is 4.79 Å². The van der Waals surface area contributed by atoms with Crippen molar-refractivity contribution in [2.45, 2.75) is 25.8 Å². The smallest absolute Gasteiger partial charge is 0.309 e. The number of nitrogens with zero attached hydrogens (tertiary/aromatic N) is 1. The highest BCUT2D eigenvalue weighted by atomic mass is 32.1. The summed E-state index contributed by atoms with van der Waals surface area (Å²) in [6.07, 6.45) is 0.870. The minimum absolute atomic E-state index is 0.0232. The van der Waals surface area contributed by atoms with E-state index in [0.717, 1.165) is 11.6 Å². The molecule has 0 spiro atoms. The van der Waals surface area contributed by atoms with E-state index in [-0.39, 0.29) is 12.5 Å². The summed E-state index contributed by atoms with van der Waals surface area (Å²) in [7, 11) is 1.67. The number of anilines is 1. The lowest BCUT2D eigenvalue weighted by Crippen LogP contribution is -2.17. The van der Waals surface area contributed by atoms with Crippen LogP contribution in [0, 0.1) is 0 Å². The maximum Gasteiger partial charge on any atom is 0.309 e. The molecule has 0 aliphatic carbocycles. The van der Waals surface area contributed by atoms with Crippen LogP contribution in [-0.2, 0) is 16.0 Å². The van der Waals surface area contributed by atoms with Gasteiger partial charge in [-0.25, -0.2) is 4.98 Å². The van der Waals surface area contributed by atoms with Crippen LogP contribution in [0.1, 0.15) is 19.0 Å². The van der Waals surface area contributed by atoms with Gasteiger partial charge >= 0.3 is 5.97 Å². The Morgan fingerprint density at radius 3 is 3.12 bits per heavy atom. The predicted molar refractivity (Wildman–Crippen MR) is 63.0 cm³/mol. The Labute approximate surface area is 98.5 Å². The Balaban J connectivity index is 2.42. The van der Waals surface area contributed by atoms with E-state index in [2.05, 4.69) is 10.3 Å². The maximum atomic E-state index is 10.5. The van der Waals surface area contributed by atoms with Gasteiger partial charge in [0.1, 0.15) is 0 Å². The number of hydrogen-bond acceptors (Lipinski definition) is 5. The second kappa shape index (κ2) is 6.44. The van der Waals surface area contributed by atoms with Gasteiger partial charge in [0.2, 0.25) is 0 Å². The molecule has 1 rings (SSSR count). The molecule has 16 heavy (non-hydrogen) atoms. The van der Waals surface area contributed by atoms with Gasteiger partial charge in [-0.1, -0.05) is 0 Å². The number of methoxy groups -OCH3 is 1. The monoisotopic (exact) mass is 244 g/mol. The quantitative estimate of drug-likeness (QED) is 0.762. The topological polar surface area (TPSA) is 71.5 Å². The number of nitrogens with one attached hydrogen (secondary N) is 1. The Hall–Kier alpha value is -1.14. The fraction of sp³-hybridized carbons (Fsp3) is 0.600. The Kier molecular flexibility index (Phi) is 5.21. The standard InChI is InChI=1S/C10H16N2O3S/c1-7(3-4-15-2)11-10-12-8(6-16-10)5-9(13)14/h6-7H,3-5H2,1-2H3,(H,11,12)(H,13,14). The molecule has 1 aromatic rings. The van der Waals surface area contributed by atoms with Crippen LogP contribution in [0.5, 0.6) is 0 Å². The molecule has 2 N–H and O–H groups in total. The molecule has 0 aliphatic rings. The van der Waals surface area contributed by atoms with E-state index in [4.69, 9.17) is 9.84 Å². The zero-order valence-corrected chi connectivity index (χ0v) is 10.2. The molecule has 0 bridgehead atoms. The molecule has 1 heterocycles. The zero-order chi connectivity index (χ0) is 12.0. The molecule has 0 saturated heterocycles. The summed E-state index contributed by atoms with van der Waals surface area (Å²) in [5.41, 5.74) is 0.596. The fourth-order valence-electron chi connectivity index (χ4n) is 1.19. The molecule has 1 unspecified atom stereocenters. The number of ether oxygens (including phenoxy) is 1. The van der Waals surface area contributed by atoms with Crippen molar-refractivity contribution < 1.29 is 14.6 Å². The van der Waals surface area contributed by atoms with Crippen molar-refractivity contribution in [1.82, 2.24) is 4.98 Å². The third kappa shape index (κ3) is 4.59. The van der Waals surface area contributed by atoms with Crippen molar-refractivity contribution in [3.63, 3.8) is 0 Å². The molecule has 0 amide bonds. The Morgan fingerprint density at radius 1 is 1.75 bits per heavy atom. The lowest BCUT2D eigenvalue weighted by atomic mass is 10.2. The summed E-state index contributed by atoms with van der Waals surface area (Å²) in [4.78, 5) is 14.7. The molecule has 90 valence electrons. The van der Waals surface area contributed by atoms with Crippen LogP contribution >= 0.6 is 11.3 Å². The normalized spacial score (nSPS) is 12.4. The van der Waals surface area contributed by atoms with Gasteiger partial charge in [0.25, 0.3) is 0 Å². The van der Waals surface area contributed by atoms with Crippen molar-refractivity contribution >= 4 is 22.4 Å². The van der Waals surface area contributed by atoms with E-state index < -0.39 is 5.97 Å². The Morgan fingerprint density at radius 2 is 2.50 bits per heavy atom. The average molecular weight is 244 g/mol. The van der Waals surface area contributed by atoms with Gasteiger partial charge in [-0.05, 0) is 13.3 Å². The lowest BCUT2D eigenvalue weighted by molar-refractivity contribution is -0.136. The molecule has 5 nitrogen and oxygen atoms in total. The first-order valence-corrected chi connectivity index (χ1v) is 5.91. The first kappa shape index (κ1) is 12.9. The van der Waals surface area contributed by atoms with E-state index in [1.54, 1.807) is 12.5 Å². The van der Waals surface area contributed by atoms with E-state index in [1.807, 2.05) is 6.92 Å². The second-order valence-electron chi connectivity index (χ2n) is 3.54. The van der Waals surface area contributed by atoms with Crippen LogP contribution in [0.4, 0.5) is 5.13 Å². The molecular formula is C10H16N2O3S. The van der Waals surface area contributed by atoms with E-state index in [9.17, 15) is 4.79 Å². The average Bonchev–Trinajstić information content (AvgIpc) is 2.61. The third-order valence-corrected chi connectivity index (χ3v) is 2.83. The molecule has 1 atom stereocenters. The number of carbonyl (C=O) groups is 1. The van der Waals surface area contributed by atoms with Crippen molar-refractivity contribution in [1.29, 1.82) is 0 Å². The largest absolute Gasteiger partial charge is 0.481 e. The summed E-state index contributed by atoms with van der Waals surface area (Å²) in [5, 5.41) is 14.3. The fourth-order valence-corrected chi connectivity index (χ4v) is 2.01. The molecule has 0 saturated carbocycles. The van der Waals surface area contributed by atoms with Crippen LogP contribution < -0.4 is 5.32 Å². The molecule has 0 fully saturated rings. The van der Waals surface area contributed by atoms with Gasteiger partial charge in [-0.15, -0.1) is 11.3 Å². The minimum Gasteiger partial charge on any atom is -0.481 e. The van der Waals surface area contributed by atoms with Crippen LogP contribution in [0.2, 0.25) is 0 Å². The maximum absolute atomic E-state index is 10.5. The first-order valence-electron chi connectivity index (χ1n) is 5.03. The number of carboxylic acid groups (broad SMARTS) is 1. The predicted octanol–water partition coefficient (Wildman–Crippen LogP) is 1.61. The van der Waals surface area contributed by atoms with Crippen LogP contribution in [0.25, 0.3) is 0 Å². The van der Waals surface area contributed by atoms with Crippen LogP contribution in [-0.4, -0.2) is 35.8 Å². The van der Waals surface area contributed by atoms with E-state index in [1.165, 1.54) is 11.3 Å². The van der Waals surface area contributed by atoms with Crippen LogP contribution in [0.15, 0.2) is 5.38 Å². The molecule has 0 aliphatic heterocycles. The summed E-state index contributed by atoms with van der Waals surface area (Å²) in [5.74, 6) is -0.857. The molecular weight excluding hydrogens is 228 g/mol. The highest BCUT2D eigenvalue weighted by molar-refractivity contribution is 7.13. The third-order valence-electron chi connectivity index (χ3n) is 2.01. The zero-order valence-electron chi connectivity index (χ0n) is 9.40. The van der Waals surface area contributed by atoms with Crippen LogP contribution in [0.3, 0.4) is 0 Å². The number of aliphatic carboxylic acids is 1. The van der Waals surface area contributed by atoms with Crippen molar-refractivity contribution in [2.75, 3.05) is 19.0 Å². The first-order chi connectivity index (χ1) is 7.61. The number of thiazole rings is 1. The highest BCUT2D eigenvalue weighted by Gasteiger charge is 2.08. The number of aromatic nitrogens is 1. The van der Waals surface area contributed by atoms with Crippen molar-refractivity contribution in [2.24, 2.45) is 0 Å². The lowest BCUT2D eigenvalue weighted by Gasteiger charge is -2.11. The van der Waals surface area contributed by atoms with Gasteiger partial charge < -0.3 is 15.2 Å². The van der Waals surface area contributed by atoms with Crippen molar-refractivity contribution in [3.05, 3.63) is 11.1 Å².